The summed E-state index contributed by atoms with van der Waals surface area (Å²) in [7, 11) is 0. The molecule has 0 radical (unpaired) electrons. The summed E-state index contributed by atoms with van der Waals surface area (Å²) in [6.07, 6.45) is 5.43. The number of piperazine rings is 1. The summed E-state index contributed by atoms with van der Waals surface area (Å²) >= 11 is 0. The summed E-state index contributed by atoms with van der Waals surface area (Å²) in [6.45, 7) is 14.3. The molecule has 2 N–H and O–H groups in total. The molecular weight excluding hydrogens is 439 g/mol. The second-order valence-corrected chi connectivity index (χ2v) is 9.31. The molecule has 0 aliphatic carbocycles. The van der Waals surface area contributed by atoms with Crippen LogP contribution in [0.25, 0.3) is 39.4 Å². The van der Waals surface area contributed by atoms with Crippen molar-refractivity contribution >= 4 is 33.8 Å². The maximum Gasteiger partial charge on any atom is 0.241 e. The molecule has 3 heterocycles. The Morgan fingerprint density at radius 3 is 2.51 bits per heavy atom. The first-order valence-corrected chi connectivity index (χ1v) is 12.1. The van der Waals surface area contributed by atoms with E-state index in [0.29, 0.717) is 17.2 Å². The van der Waals surface area contributed by atoms with Crippen molar-refractivity contribution in [3.63, 3.8) is 0 Å². The molecule has 1 saturated heterocycles. The highest BCUT2D eigenvalue weighted by molar-refractivity contribution is 6.05. The minimum atomic E-state index is -0.575. The van der Waals surface area contributed by atoms with Gasteiger partial charge in [-0.2, -0.15) is 9.37 Å². The average Bonchev–Trinajstić information content (AvgIpc) is 3.19. The van der Waals surface area contributed by atoms with E-state index in [-0.39, 0.29) is 5.69 Å². The lowest BCUT2D eigenvalue weighted by Crippen LogP contribution is -2.48. The first kappa shape index (κ1) is 23.1. The van der Waals surface area contributed by atoms with Crippen LogP contribution in [0.5, 0.6) is 0 Å². The predicted octanol–water partition coefficient (Wildman–Crippen LogP) is 5.46. The number of hydrogen-bond donors (Lipinski definition) is 2. The van der Waals surface area contributed by atoms with Crippen LogP contribution in [-0.4, -0.2) is 52.1 Å². The number of nitrogens with one attached hydrogen (secondary N) is 2. The van der Waals surface area contributed by atoms with Gasteiger partial charge < -0.3 is 15.2 Å². The Morgan fingerprint density at radius 2 is 1.83 bits per heavy atom. The van der Waals surface area contributed by atoms with Gasteiger partial charge in [0, 0.05) is 60.6 Å². The van der Waals surface area contributed by atoms with E-state index in [1.807, 2.05) is 37.4 Å². The van der Waals surface area contributed by atoms with Crippen molar-refractivity contribution in [1.29, 1.82) is 0 Å². The summed E-state index contributed by atoms with van der Waals surface area (Å²) in [4.78, 5) is 17.0. The van der Waals surface area contributed by atoms with Crippen LogP contribution in [-0.2, 0) is 0 Å². The Bertz CT molecular complexity index is 1400. The lowest BCUT2D eigenvalue weighted by Gasteiger charge is -2.38. The number of benzene rings is 2. The fourth-order valence-electron chi connectivity index (χ4n) is 4.74. The smallest absolute Gasteiger partial charge is 0.241 e. The minimum Gasteiger partial charge on any atom is -0.369 e. The number of aromatic amines is 1. The number of halogens is 1. The molecule has 4 aromatic rings. The maximum atomic E-state index is 15.0. The fraction of sp³-hybridized carbons (Fsp3) is 0.286. The van der Waals surface area contributed by atoms with Gasteiger partial charge in [-0.05, 0) is 68.4 Å². The number of rotatable bonds is 6. The molecule has 0 bridgehead atoms. The van der Waals surface area contributed by atoms with E-state index in [0.717, 1.165) is 59.5 Å². The van der Waals surface area contributed by atoms with Crippen LogP contribution >= 0.6 is 0 Å². The largest absolute Gasteiger partial charge is 0.369 e. The van der Waals surface area contributed by atoms with Crippen molar-refractivity contribution in [3.05, 3.63) is 72.5 Å². The van der Waals surface area contributed by atoms with Crippen molar-refractivity contribution in [1.82, 2.24) is 25.2 Å². The van der Waals surface area contributed by atoms with Crippen molar-refractivity contribution in [3.8, 4) is 11.3 Å². The first-order valence-electron chi connectivity index (χ1n) is 12.1. The Labute approximate surface area is 205 Å². The van der Waals surface area contributed by atoms with Gasteiger partial charge in [-0.3, -0.25) is 4.90 Å². The maximum absolute atomic E-state index is 15.0. The van der Waals surface area contributed by atoms with Crippen molar-refractivity contribution < 1.29 is 4.39 Å². The van der Waals surface area contributed by atoms with Crippen LogP contribution in [0.3, 0.4) is 0 Å². The van der Waals surface area contributed by atoms with Crippen LogP contribution < -0.4 is 10.2 Å². The molecule has 0 atom stereocenters. The van der Waals surface area contributed by atoms with E-state index in [4.69, 9.17) is 4.98 Å². The number of anilines is 1. The average molecular weight is 471 g/mol. The van der Waals surface area contributed by atoms with Crippen molar-refractivity contribution in [2.75, 3.05) is 31.1 Å². The number of aryl methyl sites for hydroxylation is 1. The van der Waals surface area contributed by atoms with Gasteiger partial charge in [0.05, 0.1) is 0 Å². The highest BCUT2D eigenvalue weighted by atomic mass is 19.1. The number of nitrogens with zero attached hydrogens (tertiary/aromatic N) is 4. The normalized spacial score (nSPS) is 15.1. The van der Waals surface area contributed by atoms with E-state index in [2.05, 4.69) is 63.7 Å². The summed E-state index contributed by atoms with van der Waals surface area (Å²) < 4.78 is 15.0. The van der Waals surface area contributed by atoms with E-state index < -0.39 is 5.95 Å². The van der Waals surface area contributed by atoms with E-state index in [1.54, 1.807) is 6.20 Å². The number of fused-ring (bicyclic) bond motifs is 3. The SMILES string of the molecule is C=CN/C=C\c1cc2c(cc1C)[nH]c1nc(F)c(-c3ccc(N4CCN(C(C)C)CC4)cc3)nc12. The van der Waals surface area contributed by atoms with Crippen molar-refractivity contribution in [2.24, 2.45) is 0 Å². The monoisotopic (exact) mass is 470 g/mol. The minimum absolute atomic E-state index is 0.264. The topological polar surface area (TPSA) is 60.1 Å². The lowest BCUT2D eigenvalue weighted by molar-refractivity contribution is 0.209. The van der Waals surface area contributed by atoms with Gasteiger partial charge in [-0.25, -0.2) is 4.98 Å². The third kappa shape index (κ3) is 4.51. The molecule has 35 heavy (non-hydrogen) atoms. The Hall–Kier alpha value is -3.71. The van der Waals surface area contributed by atoms with Gasteiger partial charge in [0.15, 0.2) is 5.65 Å². The van der Waals surface area contributed by atoms with Gasteiger partial charge in [0.2, 0.25) is 5.95 Å². The summed E-state index contributed by atoms with van der Waals surface area (Å²) in [5.41, 5.74) is 6.28. The van der Waals surface area contributed by atoms with Crippen LogP contribution in [0.1, 0.15) is 25.0 Å². The highest BCUT2D eigenvalue weighted by Crippen LogP contribution is 2.30. The fourth-order valence-corrected chi connectivity index (χ4v) is 4.74. The molecule has 5 rings (SSSR count). The molecular formula is C28H31FN6. The van der Waals surface area contributed by atoms with Crippen molar-refractivity contribution in [2.45, 2.75) is 26.8 Å². The Kier molecular flexibility index (Phi) is 6.26. The first-order chi connectivity index (χ1) is 16.9. The third-order valence-electron chi connectivity index (χ3n) is 6.80. The van der Waals surface area contributed by atoms with Crippen LogP contribution in [0.15, 0.2) is 55.4 Å². The third-order valence-corrected chi connectivity index (χ3v) is 6.80. The molecule has 6 nitrogen and oxygen atoms in total. The van der Waals surface area contributed by atoms with Crippen LogP contribution in [0.2, 0.25) is 0 Å². The van der Waals surface area contributed by atoms with E-state index >= 15 is 4.39 Å². The quantitative estimate of drug-likeness (QED) is 0.392. The standard InChI is InChI=1S/C28H31FN6/c1-5-30-11-10-21-17-23-24(16-19(21)4)31-28-26(23)32-25(27(29)33-28)20-6-8-22(9-7-20)35-14-12-34(13-15-35)18(2)3/h5-11,16-18,30H,1,12-15H2,2-4H3,(H,31,33)/b11-10-. The second-order valence-electron chi connectivity index (χ2n) is 9.31. The van der Waals surface area contributed by atoms with E-state index in [9.17, 15) is 0 Å². The van der Waals surface area contributed by atoms with Crippen LogP contribution in [0.4, 0.5) is 10.1 Å². The molecule has 7 heteroatoms. The zero-order valence-electron chi connectivity index (χ0n) is 20.5. The molecule has 1 aliphatic heterocycles. The molecule has 0 saturated carbocycles. The molecule has 2 aromatic carbocycles. The van der Waals surface area contributed by atoms with Gasteiger partial charge in [-0.15, -0.1) is 0 Å². The molecule has 0 unspecified atom stereocenters. The van der Waals surface area contributed by atoms with Gasteiger partial charge in [0.25, 0.3) is 0 Å². The Balaban J connectivity index is 1.47. The zero-order chi connectivity index (χ0) is 24.5. The second kappa shape index (κ2) is 9.50. The number of H-pyrrole nitrogens is 1. The number of aromatic nitrogens is 3. The molecule has 1 aliphatic rings. The zero-order valence-corrected chi connectivity index (χ0v) is 20.5. The lowest BCUT2D eigenvalue weighted by atomic mass is 10.1. The van der Waals surface area contributed by atoms with Crippen LogP contribution in [0, 0.1) is 12.9 Å². The Morgan fingerprint density at radius 1 is 1.09 bits per heavy atom. The van der Waals surface area contributed by atoms with Gasteiger partial charge in [0.1, 0.15) is 11.2 Å². The molecule has 0 spiro atoms. The van der Waals surface area contributed by atoms with Gasteiger partial charge in [-0.1, -0.05) is 18.7 Å². The summed E-state index contributed by atoms with van der Waals surface area (Å²) in [5, 5.41) is 3.88. The predicted molar refractivity (Wildman–Crippen MR) is 143 cm³/mol. The highest BCUT2D eigenvalue weighted by Gasteiger charge is 2.20. The molecule has 180 valence electrons. The van der Waals surface area contributed by atoms with Gasteiger partial charge >= 0.3 is 0 Å². The van der Waals surface area contributed by atoms with E-state index in [1.165, 1.54) is 0 Å². The molecule has 0 amide bonds. The number of hydrogen-bond acceptors (Lipinski definition) is 5. The molecule has 1 fully saturated rings. The summed E-state index contributed by atoms with van der Waals surface area (Å²) in [6, 6.07) is 12.7. The molecule has 2 aromatic heterocycles. The summed E-state index contributed by atoms with van der Waals surface area (Å²) in [5.74, 6) is -0.575.